The van der Waals surface area contributed by atoms with Gasteiger partial charge in [-0.1, -0.05) is 6.07 Å². The molecule has 8 nitrogen and oxygen atoms in total. The first-order chi connectivity index (χ1) is 12.3. The molecule has 2 aliphatic rings. The van der Waals surface area contributed by atoms with Crippen LogP contribution in [0.1, 0.15) is 29.6 Å². The van der Waals surface area contributed by atoms with Crippen LogP contribution < -0.4 is 4.72 Å². The lowest BCUT2D eigenvalue weighted by molar-refractivity contribution is -0.151. The molecule has 0 spiro atoms. The largest absolute Gasteiger partial charge is 0.481 e. The summed E-state index contributed by atoms with van der Waals surface area (Å²) < 4.78 is 32.3. The molecule has 1 atom stereocenters. The topological polar surface area (TPSA) is 113 Å². The van der Waals surface area contributed by atoms with E-state index in [0.29, 0.717) is 6.42 Å². The van der Waals surface area contributed by atoms with Gasteiger partial charge in [0.2, 0.25) is 10.0 Å². The van der Waals surface area contributed by atoms with Crippen LogP contribution in [-0.2, 0) is 19.6 Å². The number of benzene rings is 1. The third-order valence-corrected chi connectivity index (χ3v) is 6.32. The maximum absolute atomic E-state index is 12.8. The van der Waals surface area contributed by atoms with Gasteiger partial charge >= 0.3 is 5.97 Å². The number of carboxylic acids is 1. The maximum Gasteiger partial charge on any atom is 0.313 e. The van der Waals surface area contributed by atoms with Gasteiger partial charge in [0.25, 0.3) is 5.91 Å². The second-order valence-electron chi connectivity index (χ2n) is 6.92. The molecule has 1 aliphatic heterocycles. The van der Waals surface area contributed by atoms with Gasteiger partial charge in [-0.3, -0.25) is 9.59 Å². The van der Waals surface area contributed by atoms with Crippen LogP contribution >= 0.6 is 0 Å². The molecule has 2 fully saturated rings. The Morgan fingerprint density at radius 2 is 2.12 bits per heavy atom. The van der Waals surface area contributed by atoms with Gasteiger partial charge in [0.05, 0.1) is 11.5 Å². The molecule has 1 heterocycles. The van der Waals surface area contributed by atoms with Gasteiger partial charge in [0.15, 0.2) is 0 Å². The third kappa shape index (κ3) is 3.74. The standard InChI is InChI=1S/C17H22N2O6S/c1-25-11-17(16(21)22)7-8-19(10-17)15(20)12-3-2-4-14(9-12)26(23,24)18-13-5-6-13/h2-4,9,13,18H,5-8,10-11H2,1H3,(H,21,22). The van der Waals surface area contributed by atoms with Crippen molar-refractivity contribution in [3.05, 3.63) is 29.8 Å². The average molecular weight is 382 g/mol. The van der Waals surface area contributed by atoms with Gasteiger partial charge in [-0.05, 0) is 37.5 Å². The van der Waals surface area contributed by atoms with E-state index in [1.54, 1.807) is 0 Å². The van der Waals surface area contributed by atoms with E-state index in [2.05, 4.69) is 4.72 Å². The van der Waals surface area contributed by atoms with Crippen molar-refractivity contribution in [1.82, 2.24) is 9.62 Å². The van der Waals surface area contributed by atoms with E-state index >= 15 is 0 Å². The first-order valence-electron chi connectivity index (χ1n) is 8.41. The van der Waals surface area contributed by atoms with Gasteiger partial charge in [-0.2, -0.15) is 0 Å². The summed E-state index contributed by atoms with van der Waals surface area (Å²) in [6.07, 6.45) is 1.94. The molecule has 9 heteroatoms. The molecule has 1 saturated carbocycles. The van der Waals surface area contributed by atoms with Gasteiger partial charge in [0, 0.05) is 31.8 Å². The summed E-state index contributed by atoms with van der Waals surface area (Å²) in [4.78, 5) is 25.8. The van der Waals surface area contributed by atoms with Gasteiger partial charge in [-0.25, -0.2) is 13.1 Å². The third-order valence-electron chi connectivity index (χ3n) is 4.81. The lowest BCUT2D eigenvalue weighted by Crippen LogP contribution is -2.40. The van der Waals surface area contributed by atoms with Gasteiger partial charge in [0.1, 0.15) is 5.41 Å². The van der Waals surface area contributed by atoms with Crippen LogP contribution in [0.5, 0.6) is 0 Å². The molecule has 1 unspecified atom stereocenters. The number of amides is 1. The number of ether oxygens (including phenoxy) is 1. The van der Waals surface area contributed by atoms with Crippen molar-refractivity contribution in [1.29, 1.82) is 0 Å². The van der Waals surface area contributed by atoms with Crippen LogP contribution in [0, 0.1) is 5.41 Å². The number of rotatable bonds is 7. The van der Waals surface area contributed by atoms with Crippen LogP contribution in [0.25, 0.3) is 0 Å². The predicted molar refractivity (Wildman–Crippen MR) is 92.3 cm³/mol. The molecule has 26 heavy (non-hydrogen) atoms. The summed E-state index contributed by atoms with van der Waals surface area (Å²) >= 11 is 0. The van der Waals surface area contributed by atoms with Crippen molar-refractivity contribution in [3.63, 3.8) is 0 Å². The fourth-order valence-electron chi connectivity index (χ4n) is 3.14. The van der Waals surface area contributed by atoms with Crippen LogP contribution in [0.3, 0.4) is 0 Å². The Morgan fingerprint density at radius 1 is 1.38 bits per heavy atom. The molecule has 0 aromatic heterocycles. The highest BCUT2D eigenvalue weighted by atomic mass is 32.2. The van der Waals surface area contributed by atoms with E-state index in [-0.39, 0.29) is 42.1 Å². The van der Waals surface area contributed by atoms with Crippen molar-refractivity contribution in [2.45, 2.75) is 30.2 Å². The maximum atomic E-state index is 12.8. The molecule has 1 aliphatic carbocycles. The molecular formula is C17H22N2O6S. The molecule has 142 valence electrons. The molecule has 3 rings (SSSR count). The second-order valence-corrected chi connectivity index (χ2v) is 8.63. The zero-order valence-corrected chi connectivity index (χ0v) is 15.3. The number of hydrogen-bond acceptors (Lipinski definition) is 5. The minimum Gasteiger partial charge on any atom is -0.481 e. The Labute approximate surface area is 152 Å². The number of methoxy groups -OCH3 is 1. The zero-order chi connectivity index (χ0) is 18.9. The number of nitrogens with zero attached hydrogens (tertiary/aromatic N) is 1. The number of carbonyl (C=O) groups excluding carboxylic acids is 1. The monoisotopic (exact) mass is 382 g/mol. The van der Waals surface area contributed by atoms with Crippen LogP contribution in [0.15, 0.2) is 29.2 Å². The number of likely N-dealkylation sites (tertiary alicyclic amines) is 1. The van der Waals surface area contributed by atoms with E-state index in [1.165, 1.54) is 36.3 Å². The molecular weight excluding hydrogens is 360 g/mol. The van der Waals surface area contributed by atoms with E-state index < -0.39 is 21.4 Å². The molecule has 0 bridgehead atoms. The fourth-order valence-corrected chi connectivity index (χ4v) is 4.49. The van der Waals surface area contributed by atoms with Crippen LogP contribution in [-0.4, -0.2) is 63.1 Å². The van der Waals surface area contributed by atoms with E-state index in [0.717, 1.165) is 12.8 Å². The SMILES string of the molecule is COCC1(C(=O)O)CCN(C(=O)c2cccc(S(=O)(=O)NC3CC3)c2)C1. The highest BCUT2D eigenvalue weighted by Crippen LogP contribution is 2.32. The Bertz CT molecular complexity index is 820. The highest BCUT2D eigenvalue weighted by molar-refractivity contribution is 7.89. The Hall–Kier alpha value is -1.97. The summed E-state index contributed by atoms with van der Waals surface area (Å²) in [6.45, 7) is 0.337. The lowest BCUT2D eigenvalue weighted by Gasteiger charge is -2.24. The zero-order valence-electron chi connectivity index (χ0n) is 14.5. The van der Waals surface area contributed by atoms with Gasteiger partial charge < -0.3 is 14.7 Å². The van der Waals surface area contributed by atoms with Crippen LogP contribution in [0.2, 0.25) is 0 Å². The number of nitrogens with one attached hydrogen (secondary N) is 1. The summed E-state index contributed by atoms with van der Waals surface area (Å²) in [6, 6.07) is 5.81. The lowest BCUT2D eigenvalue weighted by atomic mass is 9.88. The summed E-state index contributed by atoms with van der Waals surface area (Å²) in [7, 11) is -2.23. The predicted octanol–water partition coefficient (Wildman–Crippen LogP) is 0.691. The minimum absolute atomic E-state index is 0.0197. The number of carbonyl (C=O) groups is 2. The number of aliphatic carboxylic acids is 1. The number of carboxylic acid groups (broad SMARTS) is 1. The highest BCUT2D eigenvalue weighted by Gasteiger charge is 2.46. The Morgan fingerprint density at radius 3 is 2.73 bits per heavy atom. The smallest absolute Gasteiger partial charge is 0.313 e. The second kappa shape index (κ2) is 6.98. The molecule has 2 N–H and O–H groups in total. The number of hydrogen-bond donors (Lipinski definition) is 2. The summed E-state index contributed by atoms with van der Waals surface area (Å²) in [5, 5.41) is 9.50. The van der Waals surface area contributed by atoms with Crippen LogP contribution in [0.4, 0.5) is 0 Å². The molecule has 1 aromatic rings. The number of sulfonamides is 1. The molecule has 0 radical (unpaired) electrons. The average Bonchev–Trinajstić information content (AvgIpc) is 3.30. The van der Waals surface area contributed by atoms with Gasteiger partial charge in [-0.15, -0.1) is 0 Å². The molecule has 1 amide bonds. The minimum atomic E-state index is -3.66. The summed E-state index contributed by atoms with van der Waals surface area (Å²) in [5.41, 5.74) is -0.899. The van der Waals surface area contributed by atoms with Crippen molar-refractivity contribution in [3.8, 4) is 0 Å². The molecule has 1 saturated heterocycles. The first kappa shape index (κ1) is 18.8. The normalized spacial score (nSPS) is 23.2. The van der Waals surface area contributed by atoms with Crippen molar-refractivity contribution in [2.75, 3.05) is 26.8 Å². The summed E-state index contributed by atoms with van der Waals surface area (Å²) in [5.74, 6) is -1.38. The van der Waals surface area contributed by atoms with E-state index in [1.807, 2.05) is 0 Å². The van der Waals surface area contributed by atoms with E-state index in [4.69, 9.17) is 4.74 Å². The molecule has 1 aromatic carbocycles. The first-order valence-corrected chi connectivity index (χ1v) is 9.90. The van der Waals surface area contributed by atoms with E-state index in [9.17, 15) is 23.1 Å². The van der Waals surface area contributed by atoms with Crippen molar-refractivity contribution < 1.29 is 27.9 Å². The fraction of sp³-hybridized carbons (Fsp3) is 0.529. The quantitative estimate of drug-likeness (QED) is 0.717. The van der Waals surface area contributed by atoms with Crippen molar-refractivity contribution in [2.24, 2.45) is 5.41 Å². The Kier molecular flexibility index (Phi) is 5.05. The Balaban J connectivity index is 1.78. The van der Waals surface area contributed by atoms with Crippen molar-refractivity contribution >= 4 is 21.9 Å².